The van der Waals surface area contributed by atoms with Gasteiger partial charge in [0.2, 0.25) is 0 Å². The van der Waals surface area contributed by atoms with Gasteiger partial charge in [0.1, 0.15) is 5.76 Å². The molecule has 9 heteroatoms. The topological polar surface area (TPSA) is 106 Å². The molecule has 1 aromatic heterocycles. The molecule has 1 fully saturated rings. The summed E-state index contributed by atoms with van der Waals surface area (Å²) in [5.41, 5.74) is 1.33. The number of hydrogen-bond donors (Lipinski definition) is 1. The van der Waals surface area contributed by atoms with Crippen molar-refractivity contribution in [2.75, 3.05) is 18.1 Å². The second kappa shape index (κ2) is 11.6. The van der Waals surface area contributed by atoms with Crippen LogP contribution in [0.4, 0.5) is 5.13 Å². The quantitative estimate of drug-likeness (QED) is 0.114. The number of rotatable bonds is 10. The van der Waals surface area contributed by atoms with Gasteiger partial charge in [-0.1, -0.05) is 61.1 Å². The van der Waals surface area contributed by atoms with Gasteiger partial charge in [-0.3, -0.25) is 19.3 Å². The summed E-state index contributed by atoms with van der Waals surface area (Å²) in [6, 6.07) is 12.8. The Morgan fingerprint density at radius 1 is 1.08 bits per heavy atom. The van der Waals surface area contributed by atoms with Gasteiger partial charge in [0.15, 0.2) is 22.4 Å². The molecule has 2 heterocycles. The summed E-state index contributed by atoms with van der Waals surface area (Å²) in [4.78, 5) is 45.1. The summed E-state index contributed by atoms with van der Waals surface area (Å²) in [5, 5.41) is 11.5. The van der Waals surface area contributed by atoms with Crippen molar-refractivity contribution >= 4 is 39.7 Å². The van der Waals surface area contributed by atoms with Gasteiger partial charge >= 0.3 is 5.91 Å². The highest BCUT2D eigenvalue weighted by atomic mass is 32.1. The van der Waals surface area contributed by atoms with Gasteiger partial charge < -0.3 is 14.6 Å². The van der Waals surface area contributed by atoms with E-state index in [2.05, 4.69) is 11.9 Å². The van der Waals surface area contributed by atoms with Crippen molar-refractivity contribution in [3.63, 3.8) is 0 Å². The van der Waals surface area contributed by atoms with Gasteiger partial charge in [-0.05, 0) is 38.0 Å². The van der Waals surface area contributed by atoms with E-state index in [0.29, 0.717) is 46.4 Å². The Hall–Kier alpha value is -3.98. The van der Waals surface area contributed by atoms with Gasteiger partial charge in [-0.15, -0.1) is 0 Å². The molecular formula is C29H30N2O6S. The van der Waals surface area contributed by atoms with E-state index in [0.717, 1.165) is 24.2 Å². The highest BCUT2D eigenvalue weighted by Crippen LogP contribution is 2.45. The van der Waals surface area contributed by atoms with Crippen LogP contribution in [0.2, 0.25) is 0 Å². The number of anilines is 1. The molecule has 0 bridgehead atoms. The average molecular weight is 535 g/mol. The van der Waals surface area contributed by atoms with Crippen LogP contribution >= 0.6 is 11.3 Å². The van der Waals surface area contributed by atoms with Crippen LogP contribution in [0.5, 0.6) is 11.5 Å². The molecule has 1 unspecified atom stereocenters. The maximum atomic E-state index is 13.4. The number of Topliss-reactive ketones (excluding diaryl/α,β-unsaturated/α-hetero) is 2. The molecule has 2 aromatic carbocycles. The lowest BCUT2D eigenvalue weighted by molar-refractivity contribution is -0.132. The molecule has 1 aliphatic rings. The number of thiazole rings is 1. The van der Waals surface area contributed by atoms with Crippen LogP contribution in [0.3, 0.4) is 0 Å². The molecule has 1 atom stereocenters. The number of benzene rings is 2. The van der Waals surface area contributed by atoms with Crippen molar-refractivity contribution in [2.45, 2.75) is 46.6 Å². The van der Waals surface area contributed by atoms with E-state index in [1.165, 1.54) is 11.8 Å². The van der Waals surface area contributed by atoms with E-state index in [1.807, 2.05) is 6.92 Å². The normalized spacial score (nSPS) is 16.6. The first-order chi connectivity index (χ1) is 18.3. The van der Waals surface area contributed by atoms with Crippen molar-refractivity contribution in [2.24, 2.45) is 0 Å². The minimum atomic E-state index is -0.996. The number of unbranched alkanes of at least 4 members (excludes halogenated alkanes) is 1. The average Bonchev–Trinajstić information content (AvgIpc) is 3.42. The maximum absolute atomic E-state index is 13.4. The smallest absolute Gasteiger partial charge is 0.301 e. The second-order valence-electron chi connectivity index (χ2n) is 8.84. The van der Waals surface area contributed by atoms with Gasteiger partial charge in [-0.2, -0.15) is 0 Å². The fraction of sp³-hybridized carbons (Fsp3) is 0.310. The van der Waals surface area contributed by atoms with Gasteiger partial charge in [0.25, 0.3) is 5.78 Å². The number of nitrogens with zero attached hydrogens (tertiary/aromatic N) is 2. The van der Waals surface area contributed by atoms with E-state index < -0.39 is 17.7 Å². The minimum Gasteiger partial charge on any atom is -0.507 e. The standard InChI is InChI=1S/C29H30N2O6S/c1-5-7-15-37-21-14-13-20(16-22(21)36-6-2)24-23(25(33)19-11-9-8-10-12-19)26(34)28(35)31(24)29-30-17(3)27(38-29)18(4)32/h8-14,16,24,33H,5-7,15H2,1-4H3/b25-23+. The van der Waals surface area contributed by atoms with Crippen LogP contribution < -0.4 is 14.4 Å². The molecule has 1 aliphatic heterocycles. The molecule has 4 rings (SSSR count). The summed E-state index contributed by atoms with van der Waals surface area (Å²) < 4.78 is 11.8. The lowest BCUT2D eigenvalue weighted by Crippen LogP contribution is -2.29. The third kappa shape index (κ3) is 5.19. The highest BCUT2D eigenvalue weighted by Gasteiger charge is 2.48. The summed E-state index contributed by atoms with van der Waals surface area (Å²) in [6.07, 6.45) is 1.86. The predicted octanol–water partition coefficient (Wildman–Crippen LogP) is 5.86. The molecular weight excluding hydrogens is 504 g/mol. The van der Waals surface area contributed by atoms with Gasteiger partial charge in [-0.25, -0.2) is 4.98 Å². The number of ketones is 2. The van der Waals surface area contributed by atoms with Crippen molar-refractivity contribution < 1.29 is 29.0 Å². The van der Waals surface area contributed by atoms with Crippen LogP contribution in [-0.2, 0) is 9.59 Å². The molecule has 1 saturated heterocycles. The van der Waals surface area contributed by atoms with Gasteiger partial charge in [0, 0.05) is 12.5 Å². The molecule has 0 radical (unpaired) electrons. The van der Waals surface area contributed by atoms with Crippen molar-refractivity contribution in [3.05, 3.63) is 75.8 Å². The molecule has 0 saturated carbocycles. The zero-order valence-electron chi connectivity index (χ0n) is 21.8. The third-order valence-electron chi connectivity index (χ3n) is 6.14. The summed E-state index contributed by atoms with van der Waals surface area (Å²) in [5.74, 6) is -1.14. The fourth-order valence-corrected chi connectivity index (χ4v) is 5.31. The van der Waals surface area contributed by atoms with Crippen molar-refractivity contribution in [1.82, 2.24) is 4.98 Å². The van der Waals surface area contributed by atoms with Crippen LogP contribution in [0.1, 0.15) is 66.1 Å². The molecule has 0 aliphatic carbocycles. The third-order valence-corrected chi connectivity index (χ3v) is 7.40. The first-order valence-electron chi connectivity index (χ1n) is 12.5. The lowest BCUT2D eigenvalue weighted by Gasteiger charge is -2.24. The van der Waals surface area contributed by atoms with E-state index in [-0.39, 0.29) is 22.2 Å². The SMILES string of the molecule is CCCCOc1ccc(C2/C(=C(\O)c3ccccc3)C(=O)C(=O)N2c2nc(C)c(C(C)=O)s2)cc1OCC. The molecule has 8 nitrogen and oxygen atoms in total. The number of ether oxygens (including phenoxy) is 2. The Kier molecular flexibility index (Phi) is 8.26. The van der Waals surface area contributed by atoms with E-state index >= 15 is 0 Å². The number of aryl methyl sites for hydroxylation is 1. The Balaban J connectivity index is 1.91. The number of carbonyl (C=O) groups excluding carboxylic acids is 3. The summed E-state index contributed by atoms with van der Waals surface area (Å²) in [7, 11) is 0. The number of amides is 1. The Labute approximate surface area is 225 Å². The zero-order chi connectivity index (χ0) is 27.4. The van der Waals surface area contributed by atoms with E-state index in [9.17, 15) is 19.5 Å². The van der Waals surface area contributed by atoms with Crippen LogP contribution in [0, 0.1) is 6.92 Å². The molecule has 38 heavy (non-hydrogen) atoms. The zero-order valence-corrected chi connectivity index (χ0v) is 22.6. The maximum Gasteiger partial charge on any atom is 0.301 e. The second-order valence-corrected chi connectivity index (χ2v) is 9.82. The number of aliphatic hydroxyl groups is 1. The number of aliphatic hydroxyl groups excluding tert-OH is 1. The summed E-state index contributed by atoms with van der Waals surface area (Å²) >= 11 is 1.04. The van der Waals surface area contributed by atoms with E-state index in [4.69, 9.17) is 9.47 Å². The van der Waals surface area contributed by atoms with Crippen LogP contribution in [0.15, 0.2) is 54.1 Å². The molecule has 3 aromatic rings. The highest BCUT2D eigenvalue weighted by molar-refractivity contribution is 7.18. The molecule has 198 valence electrons. The largest absolute Gasteiger partial charge is 0.507 e. The fourth-order valence-electron chi connectivity index (χ4n) is 4.32. The predicted molar refractivity (Wildman–Crippen MR) is 146 cm³/mol. The van der Waals surface area contributed by atoms with Gasteiger partial charge in [0.05, 0.1) is 35.4 Å². The molecule has 0 spiro atoms. The lowest BCUT2D eigenvalue weighted by atomic mass is 9.95. The van der Waals surface area contributed by atoms with Crippen molar-refractivity contribution in [1.29, 1.82) is 0 Å². The minimum absolute atomic E-state index is 0.0690. The first-order valence-corrected chi connectivity index (χ1v) is 13.3. The Morgan fingerprint density at radius 2 is 1.82 bits per heavy atom. The van der Waals surface area contributed by atoms with E-state index in [1.54, 1.807) is 55.5 Å². The Morgan fingerprint density at radius 3 is 2.45 bits per heavy atom. The number of carbonyl (C=O) groups is 3. The number of aromatic nitrogens is 1. The molecule has 1 amide bonds. The first kappa shape index (κ1) is 27.1. The van der Waals surface area contributed by atoms with Crippen molar-refractivity contribution in [3.8, 4) is 11.5 Å². The van der Waals surface area contributed by atoms with Crippen LogP contribution in [-0.4, -0.2) is 40.8 Å². The summed E-state index contributed by atoms with van der Waals surface area (Å²) in [6.45, 7) is 7.94. The molecule has 1 N–H and O–H groups in total. The monoisotopic (exact) mass is 534 g/mol. The Bertz CT molecular complexity index is 1400. The van der Waals surface area contributed by atoms with Crippen LogP contribution in [0.25, 0.3) is 5.76 Å². The number of hydrogen-bond acceptors (Lipinski definition) is 8.